The summed E-state index contributed by atoms with van der Waals surface area (Å²) in [7, 11) is 0. The van der Waals surface area contributed by atoms with Crippen molar-refractivity contribution in [2.75, 3.05) is 9.80 Å². The van der Waals surface area contributed by atoms with Crippen molar-refractivity contribution in [3.63, 3.8) is 0 Å². The number of rotatable bonds is 12. The predicted octanol–water partition coefficient (Wildman–Crippen LogP) is 17.7. The molecule has 0 aliphatic carbocycles. The highest BCUT2D eigenvalue weighted by Gasteiger charge is 2.17. The summed E-state index contributed by atoms with van der Waals surface area (Å²) in [5.74, 6) is 0. The summed E-state index contributed by atoms with van der Waals surface area (Å²) in [4.78, 5) is 4.63. The van der Waals surface area contributed by atoms with Gasteiger partial charge in [-0.25, -0.2) is 0 Å². The fraction of sp³-hybridized carbons (Fsp3) is 0.0159. The van der Waals surface area contributed by atoms with Crippen LogP contribution in [-0.4, -0.2) is 0 Å². The van der Waals surface area contributed by atoms with Gasteiger partial charge in [0.2, 0.25) is 0 Å². The third-order valence-electron chi connectivity index (χ3n) is 12.1. The van der Waals surface area contributed by atoms with E-state index in [4.69, 9.17) is 0 Å². The van der Waals surface area contributed by atoms with Crippen molar-refractivity contribution < 1.29 is 0 Å². The summed E-state index contributed by atoms with van der Waals surface area (Å²) in [6.07, 6.45) is 8.55. The van der Waals surface area contributed by atoms with Crippen molar-refractivity contribution in [3.05, 3.63) is 278 Å². The monoisotopic (exact) mass is 832 g/mol. The predicted molar refractivity (Wildman–Crippen MR) is 278 cm³/mol. The first-order chi connectivity index (χ1) is 32.2. The molecule has 2 heteroatoms. The summed E-state index contributed by atoms with van der Waals surface area (Å²) in [6.45, 7) is 2.15. The Bertz CT molecular complexity index is 3220. The highest BCUT2D eigenvalue weighted by Crippen LogP contribution is 2.41. The Morgan fingerprint density at radius 2 is 0.754 bits per heavy atom. The second kappa shape index (κ2) is 18.9. The molecule has 10 rings (SSSR count). The van der Waals surface area contributed by atoms with Crippen molar-refractivity contribution in [3.8, 4) is 44.5 Å². The minimum absolute atomic E-state index is 1.08. The van der Waals surface area contributed by atoms with Gasteiger partial charge < -0.3 is 9.80 Å². The molecule has 0 N–H and O–H groups in total. The lowest BCUT2D eigenvalue weighted by atomic mass is 9.94. The minimum Gasteiger partial charge on any atom is -0.317 e. The van der Waals surface area contributed by atoms with Crippen molar-refractivity contribution in [1.29, 1.82) is 0 Å². The van der Waals surface area contributed by atoms with Crippen molar-refractivity contribution >= 4 is 45.3 Å². The van der Waals surface area contributed by atoms with Crippen molar-refractivity contribution in [2.24, 2.45) is 0 Å². The van der Waals surface area contributed by atoms with E-state index in [9.17, 15) is 0 Å². The number of hydrogen-bond acceptors (Lipinski definition) is 2. The van der Waals surface area contributed by atoms with Crippen LogP contribution in [0.25, 0.3) is 61.4 Å². The number of benzene rings is 10. The van der Waals surface area contributed by atoms with Gasteiger partial charge in [-0.05, 0) is 129 Å². The third kappa shape index (κ3) is 8.93. The largest absolute Gasteiger partial charge is 0.317 e. The van der Waals surface area contributed by atoms with Gasteiger partial charge in [-0.3, -0.25) is 0 Å². The maximum atomic E-state index is 2.37. The molecule has 0 bridgehead atoms. The van der Waals surface area contributed by atoms with Crippen LogP contribution in [-0.2, 0) is 0 Å². The molecule has 0 amide bonds. The molecule has 0 fully saturated rings. The highest BCUT2D eigenvalue weighted by molar-refractivity contribution is 5.99. The zero-order valence-corrected chi connectivity index (χ0v) is 36.4. The standard InChI is InChI=1S/C63H48N2/c1-47-17-8-9-18-48(47)19-14-15-46-64(56-38-30-51(31-39-56)49-20-4-2-5-21-49)57-40-34-54(35-41-57)60-26-12-13-27-61(60)55-36-44-59(45-37-55)65(63-29-16-25-53-24-10-11-28-62(53)63)58-42-32-52(33-43-58)50-22-6-3-7-23-50/h2-46H,1H3/b19-14-,46-15+. The molecular formula is C63H48N2. The van der Waals surface area contributed by atoms with Crippen LogP contribution in [0.15, 0.2) is 267 Å². The van der Waals surface area contributed by atoms with E-state index in [0.29, 0.717) is 0 Å². The molecular weight excluding hydrogens is 785 g/mol. The van der Waals surface area contributed by atoms with E-state index in [0.717, 1.165) is 39.6 Å². The van der Waals surface area contributed by atoms with Gasteiger partial charge >= 0.3 is 0 Å². The van der Waals surface area contributed by atoms with E-state index in [1.54, 1.807) is 0 Å². The van der Waals surface area contributed by atoms with E-state index in [1.807, 2.05) is 0 Å². The molecule has 65 heavy (non-hydrogen) atoms. The Morgan fingerprint density at radius 3 is 1.31 bits per heavy atom. The molecule has 0 spiro atoms. The Morgan fingerprint density at radius 1 is 0.323 bits per heavy atom. The van der Waals surface area contributed by atoms with Crippen LogP contribution in [0, 0.1) is 6.92 Å². The average molecular weight is 833 g/mol. The van der Waals surface area contributed by atoms with Crippen LogP contribution >= 0.6 is 0 Å². The molecule has 0 aliphatic rings. The molecule has 0 atom stereocenters. The van der Waals surface area contributed by atoms with Gasteiger partial charge in [0.25, 0.3) is 0 Å². The van der Waals surface area contributed by atoms with E-state index < -0.39 is 0 Å². The van der Waals surface area contributed by atoms with Gasteiger partial charge in [0, 0.05) is 34.3 Å². The fourth-order valence-corrected chi connectivity index (χ4v) is 8.68. The number of aryl methyl sites for hydroxylation is 1. The quantitative estimate of drug-likeness (QED) is 0.113. The Kier molecular flexibility index (Phi) is 11.8. The van der Waals surface area contributed by atoms with Gasteiger partial charge in [-0.15, -0.1) is 0 Å². The first-order valence-corrected chi connectivity index (χ1v) is 22.2. The molecule has 310 valence electrons. The van der Waals surface area contributed by atoms with Crippen LogP contribution in [0.4, 0.5) is 28.4 Å². The number of anilines is 5. The SMILES string of the molecule is Cc1ccccc1/C=C\C=C\N(c1ccc(-c2ccccc2)cc1)c1ccc(-c2ccccc2-c2ccc(N(c3ccc(-c4ccccc4)cc3)c3cccc4ccccc34)cc2)cc1. The van der Waals surface area contributed by atoms with Crippen LogP contribution in [0.2, 0.25) is 0 Å². The molecule has 10 aromatic carbocycles. The molecule has 0 heterocycles. The maximum absolute atomic E-state index is 2.37. The Hall–Kier alpha value is -8.46. The molecule has 0 radical (unpaired) electrons. The molecule has 0 saturated heterocycles. The lowest BCUT2D eigenvalue weighted by Gasteiger charge is -2.27. The molecule has 0 aromatic heterocycles. The van der Waals surface area contributed by atoms with Crippen LogP contribution < -0.4 is 9.80 Å². The van der Waals surface area contributed by atoms with Gasteiger partial charge in [0.15, 0.2) is 0 Å². The van der Waals surface area contributed by atoms with Gasteiger partial charge in [0.05, 0.1) is 5.69 Å². The summed E-state index contributed by atoms with van der Waals surface area (Å²) in [5, 5.41) is 2.42. The topological polar surface area (TPSA) is 6.48 Å². The second-order valence-corrected chi connectivity index (χ2v) is 16.2. The van der Waals surface area contributed by atoms with Gasteiger partial charge in [-0.2, -0.15) is 0 Å². The average Bonchev–Trinajstić information content (AvgIpc) is 3.38. The molecule has 2 nitrogen and oxygen atoms in total. The van der Waals surface area contributed by atoms with E-state index in [-0.39, 0.29) is 0 Å². The molecule has 0 aliphatic heterocycles. The highest BCUT2D eigenvalue weighted by atomic mass is 15.1. The zero-order chi connectivity index (χ0) is 43.8. The number of fused-ring (bicyclic) bond motifs is 1. The Balaban J connectivity index is 0.964. The minimum atomic E-state index is 1.08. The van der Waals surface area contributed by atoms with Crippen molar-refractivity contribution in [2.45, 2.75) is 6.92 Å². The molecule has 0 saturated carbocycles. The van der Waals surface area contributed by atoms with Crippen molar-refractivity contribution in [1.82, 2.24) is 0 Å². The summed E-state index contributed by atoms with van der Waals surface area (Å²) >= 11 is 0. The number of nitrogens with zero attached hydrogens (tertiary/aromatic N) is 2. The number of hydrogen-bond donors (Lipinski definition) is 0. The van der Waals surface area contributed by atoms with Crippen LogP contribution in [0.1, 0.15) is 11.1 Å². The van der Waals surface area contributed by atoms with E-state index in [1.165, 1.54) is 55.3 Å². The summed E-state index contributed by atoms with van der Waals surface area (Å²) < 4.78 is 0. The summed E-state index contributed by atoms with van der Waals surface area (Å²) in [5.41, 5.74) is 17.5. The normalized spacial score (nSPS) is 11.3. The first kappa shape index (κ1) is 40.6. The van der Waals surface area contributed by atoms with E-state index >= 15 is 0 Å². The lowest BCUT2D eigenvalue weighted by molar-refractivity contribution is 1.28. The van der Waals surface area contributed by atoms with E-state index in [2.05, 4.69) is 290 Å². The van der Waals surface area contributed by atoms with Crippen LogP contribution in [0.3, 0.4) is 0 Å². The first-order valence-electron chi connectivity index (χ1n) is 22.2. The zero-order valence-electron chi connectivity index (χ0n) is 36.4. The molecule has 10 aromatic rings. The third-order valence-corrected chi connectivity index (χ3v) is 12.1. The second-order valence-electron chi connectivity index (χ2n) is 16.2. The number of allylic oxidation sites excluding steroid dienone is 2. The van der Waals surface area contributed by atoms with Gasteiger partial charge in [0.1, 0.15) is 0 Å². The fourth-order valence-electron chi connectivity index (χ4n) is 8.68. The summed E-state index contributed by atoms with van der Waals surface area (Å²) in [6, 6.07) is 89.1. The van der Waals surface area contributed by atoms with Gasteiger partial charge in [-0.1, -0.05) is 206 Å². The lowest BCUT2D eigenvalue weighted by Crippen LogP contribution is -2.10. The smallest absolute Gasteiger partial charge is 0.0540 e. The van der Waals surface area contributed by atoms with Crippen LogP contribution in [0.5, 0.6) is 0 Å². The molecule has 0 unspecified atom stereocenters. The Labute approximate surface area is 383 Å². The maximum Gasteiger partial charge on any atom is 0.0540 e.